The number of carbonyl (C=O) groups is 1. The predicted molar refractivity (Wildman–Crippen MR) is 41.7 cm³/mol. The number of rotatable bonds is 0. The van der Waals surface area contributed by atoms with Crippen LogP contribution < -0.4 is 0 Å². The molecule has 0 aromatic carbocycles. The van der Waals surface area contributed by atoms with Crippen molar-refractivity contribution >= 4 is 5.78 Å². The van der Waals surface area contributed by atoms with Crippen molar-refractivity contribution in [1.29, 1.82) is 0 Å². The molecule has 1 atom stereocenters. The third kappa shape index (κ3) is 1.04. The zero-order valence-electron chi connectivity index (χ0n) is 6.64. The van der Waals surface area contributed by atoms with Crippen LogP contribution in [-0.4, -0.2) is 5.78 Å². The maximum Gasteiger partial charge on any atom is 0.181 e. The van der Waals surface area contributed by atoms with Gasteiger partial charge in [0.25, 0.3) is 0 Å². The van der Waals surface area contributed by atoms with Gasteiger partial charge in [0.15, 0.2) is 5.78 Å². The van der Waals surface area contributed by atoms with Gasteiger partial charge in [0.05, 0.1) is 0 Å². The molecule has 1 rings (SSSR count). The topological polar surface area (TPSA) is 17.1 Å². The number of allylic oxidation sites excluding steroid dienone is 4. The fourth-order valence-electron chi connectivity index (χ4n) is 1.04. The summed E-state index contributed by atoms with van der Waals surface area (Å²) >= 11 is 0. The minimum atomic E-state index is 0.163. The van der Waals surface area contributed by atoms with Crippen LogP contribution in [0.1, 0.15) is 20.8 Å². The largest absolute Gasteiger partial charge is 0.290 e. The zero-order chi connectivity index (χ0) is 7.72. The molecule has 0 saturated carbocycles. The summed E-state index contributed by atoms with van der Waals surface area (Å²) in [4.78, 5) is 11.0. The Labute approximate surface area is 61.4 Å². The van der Waals surface area contributed by atoms with E-state index in [0.29, 0.717) is 5.92 Å². The molecule has 0 heterocycles. The Hall–Kier alpha value is -0.850. The zero-order valence-corrected chi connectivity index (χ0v) is 6.64. The standard InChI is InChI=1S/C9H12O/c1-6-4-5-9(10)8(3)7(6)2/h4-6H,1-3H3. The van der Waals surface area contributed by atoms with Crippen molar-refractivity contribution in [2.75, 3.05) is 0 Å². The first-order valence-corrected chi connectivity index (χ1v) is 3.53. The lowest BCUT2D eigenvalue weighted by atomic mass is 9.90. The molecule has 1 aliphatic rings. The second-order valence-corrected chi connectivity index (χ2v) is 2.82. The molecule has 1 nitrogen and oxygen atoms in total. The molecular weight excluding hydrogens is 124 g/mol. The first-order chi connectivity index (χ1) is 4.63. The van der Waals surface area contributed by atoms with Gasteiger partial charge in [0, 0.05) is 0 Å². The molecule has 0 bridgehead atoms. The molecule has 0 radical (unpaired) electrons. The van der Waals surface area contributed by atoms with Gasteiger partial charge in [-0.25, -0.2) is 0 Å². The SMILES string of the molecule is CC1=C(C)C(C)C=CC1=O. The second-order valence-electron chi connectivity index (χ2n) is 2.82. The van der Waals surface area contributed by atoms with Crippen LogP contribution >= 0.6 is 0 Å². The molecule has 1 aliphatic carbocycles. The van der Waals surface area contributed by atoms with Crippen LogP contribution in [-0.2, 0) is 4.79 Å². The smallest absolute Gasteiger partial charge is 0.181 e. The minimum absolute atomic E-state index is 0.163. The number of carbonyl (C=O) groups excluding carboxylic acids is 1. The molecule has 0 aliphatic heterocycles. The molecular formula is C9H12O. The van der Waals surface area contributed by atoms with Crippen molar-refractivity contribution in [1.82, 2.24) is 0 Å². The Morgan fingerprint density at radius 3 is 2.50 bits per heavy atom. The van der Waals surface area contributed by atoms with E-state index in [2.05, 4.69) is 6.92 Å². The predicted octanol–water partition coefficient (Wildman–Crippen LogP) is 2.10. The van der Waals surface area contributed by atoms with Crippen LogP contribution in [0.3, 0.4) is 0 Å². The van der Waals surface area contributed by atoms with Gasteiger partial charge in [-0.15, -0.1) is 0 Å². The minimum Gasteiger partial charge on any atom is -0.290 e. The Balaban J connectivity index is 3.00. The molecule has 0 spiro atoms. The number of hydrogen-bond donors (Lipinski definition) is 0. The second kappa shape index (κ2) is 2.41. The van der Waals surface area contributed by atoms with Crippen LogP contribution in [0.5, 0.6) is 0 Å². The highest BCUT2D eigenvalue weighted by Gasteiger charge is 2.13. The Morgan fingerprint density at radius 2 is 2.00 bits per heavy atom. The molecule has 10 heavy (non-hydrogen) atoms. The van der Waals surface area contributed by atoms with Gasteiger partial charge in [0.2, 0.25) is 0 Å². The first-order valence-electron chi connectivity index (χ1n) is 3.53. The third-order valence-electron chi connectivity index (χ3n) is 2.18. The van der Waals surface area contributed by atoms with Crippen LogP contribution in [0.4, 0.5) is 0 Å². The van der Waals surface area contributed by atoms with Gasteiger partial charge in [-0.2, -0.15) is 0 Å². The third-order valence-corrected chi connectivity index (χ3v) is 2.18. The lowest BCUT2D eigenvalue weighted by molar-refractivity contribution is -0.111. The van der Waals surface area contributed by atoms with Crippen LogP contribution in [0.2, 0.25) is 0 Å². The van der Waals surface area contributed by atoms with E-state index in [1.807, 2.05) is 19.9 Å². The van der Waals surface area contributed by atoms with Gasteiger partial charge in [-0.3, -0.25) is 4.79 Å². The van der Waals surface area contributed by atoms with Crippen molar-refractivity contribution in [3.8, 4) is 0 Å². The highest BCUT2D eigenvalue weighted by atomic mass is 16.1. The van der Waals surface area contributed by atoms with Crippen molar-refractivity contribution in [2.45, 2.75) is 20.8 Å². The van der Waals surface area contributed by atoms with E-state index in [1.165, 1.54) is 5.57 Å². The molecule has 0 amide bonds. The first kappa shape index (κ1) is 7.26. The van der Waals surface area contributed by atoms with Gasteiger partial charge < -0.3 is 0 Å². The summed E-state index contributed by atoms with van der Waals surface area (Å²) in [6.07, 6.45) is 3.61. The van der Waals surface area contributed by atoms with Gasteiger partial charge in [0.1, 0.15) is 0 Å². The molecule has 1 heteroatoms. The van der Waals surface area contributed by atoms with Crippen molar-refractivity contribution in [3.05, 3.63) is 23.3 Å². The number of hydrogen-bond acceptors (Lipinski definition) is 1. The van der Waals surface area contributed by atoms with Crippen molar-refractivity contribution < 1.29 is 4.79 Å². The van der Waals surface area contributed by atoms with E-state index in [-0.39, 0.29) is 5.78 Å². The highest BCUT2D eigenvalue weighted by Crippen LogP contribution is 2.20. The molecule has 54 valence electrons. The Kier molecular flexibility index (Phi) is 1.75. The summed E-state index contributed by atoms with van der Waals surface area (Å²) in [7, 11) is 0. The fourth-order valence-corrected chi connectivity index (χ4v) is 1.04. The summed E-state index contributed by atoms with van der Waals surface area (Å²) < 4.78 is 0. The molecule has 0 aromatic heterocycles. The molecule has 0 aromatic rings. The normalized spacial score (nSPS) is 25.9. The van der Waals surface area contributed by atoms with Crippen molar-refractivity contribution in [3.63, 3.8) is 0 Å². The molecule has 0 saturated heterocycles. The summed E-state index contributed by atoms with van der Waals surface area (Å²) in [6, 6.07) is 0. The van der Waals surface area contributed by atoms with E-state index in [1.54, 1.807) is 6.08 Å². The van der Waals surface area contributed by atoms with Gasteiger partial charge >= 0.3 is 0 Å². The van der Waals surface area contributed by atoms with Crippen LogP contribution in [0.25, 0.3) is 0 Å². The van der Waals surface area contributed by atoms with Gasteiger partial charge in [-0.1, -0.05) is 18.6 Å². The lowest BCUT2D eigenvalue weighted by Crippen LogP contribution is -2.08. The number of ketones is 1. The maximum atomic E-state index is 11.0. The van der Waals surface area contributed by atoms with E-state index in [4.69, 9.17) is 0 Å². The van der Waals surface area contributed by atoms with Crippen LogP contribution in [0, 0.1) is 5.92 Å². The summed E-state index contributed by atoms with van der Waals surface area (Å²) in [6.45, 7) is 6.00. The summed E-state index contributed by atoms with van der Waals surface area (Å²) in [5.74, 6) is 0.605. The lowest BCUT2D eigenvalue weighted by Gasteiger charge is -2.14. The Morgan fingerprint density at radius 1 is 1.40 bits per heavy atom. The molecule has 0 N–H and O–H groups in total. The monoisotopic (exact) mass is 136 g/mol. The van der Waals surface area contributed by atoms with E-state index in [9.17, 15) is 4.79 Å². The summed E-state index contributed by atoms with van der Waals surface area (Å²) in [5.41, 5.74) is 2.11. The van der Waals surface area contributed by atoms with Gasteiger partial charge in [-0.05, 0) is 31.4 Å². The maximum absolute atomic E-state index is 11.0. The average molecular weight is 136 g/mol. The Bertz CT molecular complexity index is 221. The highest BCUT2D eigenvalue weighted by molar-refractivity contribution is 6.05. The fraction of sp³-hybridized carbons (Fsp3) is 0.444. The molecule has 1 unspecified atom stereocenters. The average Bonchev–Trinajstić information content (AvgIpc) is 1.93. The summed E-state index contributed by atoms with van der Waals surface area (Å²) in [5, 5.41) is 0. The van der Waals surface area contributed by atoms with Crippen molar-refractivity contribution in [2.24, 2.45) is 5.92 Å². The quantitative estimate of drug-likeness (QED) is 0.498. The van der Waals surface area contributed by atoms with E-state index >= 15 is 0 Å². The van der Waals surface area contributed by atoms with Crippen LogP contribution in [0.15, 0.2) is 23.3 Å². The van der Waals surface area contributed by atoms with E-state index in [0.717, 1.165) is 5.57 Å². The van der Waals surface area contributed by atoms with E-state index < -0.39 is 0 Å². The molecule has 0 fully saturated rings.